The van der Waals surface area contributed by atoms with Crippen LogP contribution in [0.25, 0.3) is 0 Å². The van der Waals surface area contributed by atoms with Gasteiger partial charge in [-0.05, 0) is 16.7 Å². The Bertz CT molecular complexity index is 1040. The molecule has 2 atom stereocenters. The molecule has 0 amide bonds. The lowest BCUT2D eigenvalue weighted by molar-refractivity contribution is -0.188. The van der Waals surface area contributed by atoms with Crippen LogP contribution in [0.3, 0.4) is 0 Å². The zero-order chi connectivity index (χ0) is 22.6. The van der Waals surface area contributed by atoms with Gasteiger partial charge in [-0.3, -0.25) is 4.90 Å². The van der Waals surface area contributed by atoms with Crippen molar-refractivity contribution >= 4 is 11.9 Å². The molecule has 0 unspecified atom stereocenters. The van der Waals surface area contributed by atoms with Crippen molar-refractivity contribution in [2.75, 3.05) is 14.2 Å². The number of nitrogens with zero attached hydrogens (tertiary/aromatic N) is 1. The van der Waals surface area contributed by atoms with E-state index in [0.29, 0.717) is 6.54 Å². The van der Waals surface area contributed by atoms with E-state index in [1.54, 1.807) is 0 Å². The number of carbonyl (C=O) groups excluding carboxylic acids is 2. The molecule has 3 aromatic carbocycles. The van der Waals surface area contributed by atoms with Gasteiger partial charge in [0, 0.05) is 6.54 Å². The molecule has 1 heterocycles. The summed E-state index contributed by atoms with van der Waals surface area (Å²) in [5, 5.41) is 0. The number of hydrogen-bond donors (Lipinski definition) is 0. The fourth-order valence-corrected chi connectivity index (χ4v) is 4.29. The van der Waals surface area contributed by atoms with E-state index in [2.05, 4.69) is 0 Å². The van der Waals surface area contributed by atoms with Crippen LogP contribution < -0.4 is 0 Å². The third-order valence-electron chi connectivity index (χ3n) is 5.70. The van der Waals surface area contributed by atoms with Crippen molar-refractivity contribution in [1.82, 2.24) is 4.90 Å². The largest absolute Gasteiger partial charge is 0.466 e. The number of ether oxygens (including phenoxy) is 3. The average molecular weight is 431 g/mol. The van der Waals surface area contributed by atoms with E-state index in [4.69, 9.17) is 14.2 Å². The molecule has 0 saturated carbocycles. The van der Waals surface area contributed by atoms with Gasteiger partial charge >= 0.3 is 11.9 Å². The molecule has 1 aliphatic rings. The smallest absolute Gasteiger partial charge is 0.352 e. The number of benzene rings is 3. The standard InChI is InChI=1S/C26H25NO5/c1-30-24(28)26(25(29)31-2)22(20-14-8-4-9-15-20)27(18-19-12-6-3-7-13-19)23(32-26)21-16-10-5-11-17-21/h3-17,22-23H,18H2,1-2H3/t22-,23+/m1/s1. The van der Waals surface area contributed by atoms with Crippen LogP contribution in [0.1, 0.15) is 29.0 Å². The molecule has 32 heavy (non-hydrogen) atoms. The monoisotopic (exact) mass is 431 g/mol. The zero-order valence-corrected chi connectivity index (χ0v) is 18.0. The molecule has 0 bridgehead atoms. The van der Waals surface area contributed by atoms with Gasteiger partial charge in [0.1, 0.15) is 6.23 Å². The van der Waals surface area contributed by atoms with Crippen molar-refractivity contribution in [3.63, 3.8) is 0 Å². The summed E-state index contributed by atoms with van der Waals surface area (Å²) < 4.78 is 16.6. The van der Waals surface area contributed by atoms with E-state index >= 15 is 0 Å². The second kappa shape index (κ2) is 9.34. The van der Waals surface area contributed by atoms with Crippen molar-refractivity contribution < 1.29 is 23.8 Å². The zero-order valence-electron chi connectivity index (χ0n) is 18.0. The van der Waals surface area contributed by atoms with Gasteiger partial charge in [-0.15, -0.1) is 0 Å². The maximum absolute atomic E-state index is 13.2. The summed E-state index contributed by atoms with van der Waals surface area (Å²) >= 11 is 0. The Labute approximate surface area is 187 Å². The highest BCUT2D eigenvalue weighted by atomic mass is 16.6. The first-order valence-electron chi connectivity index (χ1n) is 10.4. The van der Waals surface area contributed by atoms with Crippen LogP contribution in [0.2, 0.25) is 0 Å². The lowest BCUT2D eigenvalue weighted by atomic mass is 9.87. The van der Waals surface area contributed by atoms with Crippen molar-refractivity contribution in [2.45, 2.75) is 24.4 Å². The third-order valence-corrected chi connectivity index (χ3v) is 5.70. The second-order valence-corrected chi connectivity index (χ2v) is 7.57. The maximum Gasteiger partial charge on any atom is 0.352 e. The number of rotatable bonds is 6. The summed E-state index contributed by atoms with van der Waals surface area (Å²) in [5.41, 5.74) is 0.598. The minimum atomic E-state index is -1.99. The molecule has 1 saturated heterocycles. The molecule has 4 rings (SSSR count). The van der Waals surface area contributed by atoms with Gasteiger partial charge in [-0.2, -0.15) is 0 Å². The molecule has 1 aliphatic heterocycles. The van der Waals surface area contributed by atoms with E-state index in [-0.39, 0.29) is 0 Å². The van der Waals surface area contributed by atoms with Crippen molar-refractivity contribution in [3.8, 4) is 0 Å². The predicted molar refractivity (Wildman–Crippen MR) is 118 cm³/mol. The van der Waals surface area contributed by atoms with Gasteiger partial charge in [0.05, 0.1) is 20.3 Å². The first-order chi connectivity index (χ1) is 15.6. The third kappa shape index (κ3) is 3.79. The Morgan fingerprint density at radius 1 is 0.781 bits per heavy atom. The summed E-state index contributed by atoms with van der Waals surface area (Å²) in [6, 6.07) is 28.0. The summed E-state index contributed by atoms with van der Waals surface area (Å²) in [6.45, 7) is 0.440. The molecular weight excluding hydrogens is 406 g/mol. The van der Waals surface area contributed by atoms with Gasteiger partial charge in [-0.1, -0.05) is 91.0 Å². The van der Waals surface area contributed by atoms with E-state index in [0.717, 1.165) is 16.7 Å². The fraction of sp³-hybridized carbons (Fsp3) is 0.231. The SMILES string of the molecule is COC(=O)C1(C(=O)OC)O[C@@H](c2ccccc2)N(Cc2ccccc2)[C@@H]1c1ccccc1. The topological polar surface area (TPSA) is 65.1 Å². The van der Waals surface area contributed by atoms with Crippen LogP contribution in [0.15, 0.2) is 91.0 Å². The van der Waals surface area contributed by atoms with Crippen LogP contribution in [-0.4, -0.2) is 36.7 Å². The number of hydrogen-bond acceptors (Lipinski definition) is 6. The van der Waals surface area contributed by atoms with Crippen molar-refractivity contribution in [2.24, 2.45) is 0 Å². The summed E-state index contributed by atoms with van der Waals surface area (Å²) in [7, 11) is 2.49. The van der Waals surface area contributed by atoms with Gasteiger partial charge in [0.25, 0.3) is 5.60 Å². The predicted octanol–water partition coefficient (Wildman–Crippen LogP) is 4.04. The second-order valence-electron chi connectivity index (χ2n) is 7.57. The maximum atomic E-state index is 13.2. The number of esters is 2. The highest BCUT2D eigenvalue weighted by Crippen LogP contribution is 2.51. The molecule has 164 valence electrons. The van der Waals surface area contributed by atoms with E-state index in [1.807, 2.05) is 95.9 Å². The number of carbonyl (C=O) groups is 2. The minimum Gasteiger partial charge on any atom is -0.466 e. The van der Waals surface area contributed by atoms with Crippen LogP contribution in [0.5, 0.6) is 0 Å². The highest BCUT2D eigenvalue weighted by molar-refractivity contribution is 6.05. The normalized spacial score (nSPS) is 19.9. The fourth-order valence-electron chi connectivity index (χ4n) is 4.29. The molecule has 6 nitrogen and oxygen atoms in total. The molecule has 0 radical (unpaired) electrons. The lowest BCUT2D eigenvalue weighted by Crippen LogP contribution is -2.53. The first-order valence-corrected chi connectivity index (χ1v) is 10.4. The Balaban J connectivity index is 1.93. The van der Waals surface area contributed by atoms with Gasteiger partial charge in [0.2, 0.25) is 0 Å². The van der Waals surface area contributed by atoms with Crippen LogP contribution in [-0.2, 0) is 30.3 Å². The minimum absolute atomic E-state index is 0.440. The van der Waals surface area contributed by atoms with Gasteiger partial charge < -0.3 is 14.2 Å². The molecule has 6 heteroatoms. The lowest BCUT2D eigenvalue weighted by Gasteiger charge is -2.32. The quantitative estimate of drug-likeness (QED) is 0.434. The van der Waals surface area contributed by atoms with Gasteiger partial charge in [0.15, 0.2) is 0 Å². The first kappa shape index (κ1) is 21.7. The van der Waals surface area contributed by atoms with E-state index in [1.165, 1.54) is 14.2 Å². The van der Waals surface area contributed by atoms with Crippen LogP contribution in [0.4, 0.5) is 0 Å². The summed E-state index contributed by atoms with van der Waals surface area (Å²) in [6.07, 6.45) is -0.681. The Morgan fingerprint density at radius 3 is 1.75 bits per heavy atom. The molecule has 0 N–H and O–H groups in total. The molecule has 1 fully saturated rings. The summed E-state index contributed by atoms with van der Waals surface area (Å²) in [5.74, 6) is -1.59. The Morgan fingerprint density at radius 2 is 1.25 bits per heavy atom. The Hall–Kier alpha value is -3.48. The molecule has 0 spiro atoms. The molecule has 0 aliphatic carbocycles. The van der Waals surface area contributed by atoms with Crippen molar-refractivity contribution in [3.05, 3.63) is 108 Å². The van der Waals surface area contributed by atoms with Crippen LogP contribution >= 0.6 is 0 Å². The summed E-state index contributed by atoms with van der Waals surface area (Å²) in [4.78, 5) is 28.4. The Kier molecular flexibility index (Phi) is 6.35. The van der Waals surface area contributed by atoms with Crippen LogP contribution in [0, 0.1) is 0 Å². The molecule has 0 aromatic heterocycles. The number of methoxy groups -OCH3 is 2. The molecule has 3 aromatic rings. The highest BCUT2D eigenvalue weighted by Gasteiger charge is 2.66. The average Bonchev–Trinajstić information content (AvgIpc) is 3.20. The molecular formula is C26H25NO5. The van der Waals surface area contributed by atoms with E-state index in [9.17, 15) is 9.59 Å². The van der Waals surface area contributed by atoms with Gasteiger partial charge in [-0.25, -0.2) is 9.59 Å². The van der Waals surface area contributed by atoms with E-state index < -0.39 is 29.8 Å². The van der Waals surface area contributed by atoms with Crippen molar-refractivity contribution in [1.29, 1.82) is 0 Å².